The molecule has 2 aromatic carbocycles. The average molecular weight is 310 g/mol. The third-order valence-corrected chi connectivity index (χ3v) is 4.27. The van der Waals surface area contributed by atoms with Crippen LogP contribution in [-0.2, 0) is 15.1 Å². The van der Waals surface area contributed by atoms with Crippen LogP contribution >= 0.6 is 0 Å². The largest absolute Gasteiger partial charge is 0.498 e. The van der Waals surface area contributed by atoms with Gasteiger partial charge in [0.15, 0.2) is 0 Å². The van der Waals surface area contributed by atoms with Gasteiger partial charge in [0.1, 0.15) is 12.2 Å². The van der Waals surface area contributed by atoms with Crippen molar-refractivity contribution in [3.8, 4) is 0 Å². The first-order valence-electron chi connectivity index (χ1n) is 8.13. The van der Waals surface area contributed by atoms with Crippen LogP contribution in [0.1, 0.15) is 37.3 Å². The van der Waals surface area contributed by atoms with Crippen LogP contribution in [-0.4, -0.2) is 13.7 Å². The Morgan fingerprint density at radius 2 is 1.61 bits per heavy atom. The fourth-order valence-electron chi connectivity index (χ4n) is 2.59. The zero-order valence-electron chi connectivity index (χ0n) is 14.2. The summed E-state index contributed by atoms with van der Waals surface area (Å²) < 4.78 is 11.5. The summed E-state index contributed by atoms with van der Waals surface area (Å²) in [5.74, 6) is 0.377. The van der Waals surface area contributed by atoms with Gasteiger partial charge in [0.25, 0.3) is 0 Å². The van der Waals surface area contributed by atoms with Gasteiger partial charge in [0, 0.05) is 13.0 Å². The summed E-state index contributed by atoms with van der Waals surface area (Å²) in [7, 11) is 1.72. The summed E-state index contributed by atoms with van der Waals surface area (Å²) >= 11 is 0. The number of ether oxygens (including phenoxy) is 2. The van der Waals surface area contributed by atoms with Crippen LogP contribution in [0.4, 0.5) is 0 Å². The third-order valence-electron chi connectivity index (χ3n) is 4.27. The number of benzene rings is 2. The molecule has 0 unspecified atom stereocenters. The maximum Gasteiger partial charge on any atom is 0.124 e. The summed E-state index contributed by atoms with van der Waals surface area (Å²) in [5, 5.41) is 0. The van der Waals surface area contributed by atoms with Crippen LogP contribution in [0.2, 0.25) is 0 Å². The first kappa shape index (κ1) is 17.3. The number of allylic oxidation sites excluding steroid dienone is 1. The van der Waals surface area contributed by atoms with Crippen molar-refractivity contribution in [2.24, 2.45) is 0 Å². The zero-order chi connectivity index (χ0) is 16.5. The molecule has 0 bridgehead atoms. The van der Waals surface area contributed by atoms with Gasteiger partial charge >= 0.3 is 0 Å². The minimum atomic E-state index is -0.444. The molecule has 2 aromatic rings. The predicted octanol–water partition coefficient (Wildman–Crippen LogP) is 5.27. The van der Waals surface area contributed by atoms with Crippen LogP contribution in [0, 0.1) is 0 Å². The minimum absolute atomic E-state index is 0.377. The van der Waals surface area contributed by atoms with Crippen LogP contribution in [0.5, 0.6) is 0 Å². The summed E-state index contributed by atoms with van der Waals surface area (Å²) in [4.78, 5) is 0. The lowest BCUT2D eigenvalue weighted by Gasteiger charge is -2.28. The van der Waals surface area contributed by atoms with Crippen molar-refractivity contribution >= 4 is 0 Å². The van der Waals surface area contributed by atoms with Gasteiger partial charge in [-0.25, -0.2) is 0 Å². The van der Waals surface area contributed by atoms with E-state index >= 15 is 0 Å². The first-order chi connectivity index (χ1) is 11.2. The summed E-state index contributed by atoms with van der Waals surface area (Å²) in [6.45, 7) is 4.71. The zero-order valence-corrected chi connectivity index (χ0v) is 14.2. The van der Waals surface area contributed by atoms with Crippen LogP contribution in [0.15, 0.2) is 73.0 Å². The molecule has 0 heterocycles. The van der Waals surface area contributed by atoms with Gasteiger partial charge < -0.3 is 9.47 Å². The van der Waals surface area contributed by atoms with Gasteiger partial charge in [-0.2, -0.15) is 0 Å². The molecule has 0 aliphatic rings. The Balaban J connectivity index is 1.97. The van der Waals surface area contributed by atoms with Gasteiger partial charge in [-0.05, 0) is 30.5 Å². The van der Waals surface area contributed by atoms with Gasteiger partial charge in [-0.3, -0.25) is 0 Å². The van der Waals surface area contributed by atoms with Crippen molar-refractivity contribution in [1.29, 1.82) is 0 Å². The van der Waals surface area contributed by atoms with E-state index in [9.17, 15) is 0 Å². The van der Waals surface area contributed by atoms with Crippen molar-refractivity contribution in [2.75, 3.05) is 13.7 Å². The molecule has 2 atom stereocenters. The van der Waals surface area contributed by atoms with E-state index in [1.54, 1.807) is 13.4 Å². The quantitative estimate of drug-likeness (QED) is 0.618. The molecule has 0 aliphatic heterocycles. The fraction of sp³-hybridized carbons (Fsp3) is 0.333. The van der Waals surface area contributed by atoms with E-state index in [2.05, 4.69) is 49.4 Å². The Labute approximate surface area is 139 Å². The number of hydrogen-bond acceptors (Lipinski definition) is 2. The van der Waals surface area contributed by atoms with Crippen molar-refractivity contribution in [3.63, 3.8) is 0 Å². The van der Waals surface area contributed by atoms with Crippen LogP contribution in [0.25, 0.3) is 0 Å². The summed E-state index contributed by atoms with van der Waals surface area (Å²) in [6, 6.07) is 20.7. The number of hydrogen-bond donors (Lipinski definition) is 0. The molecule has 0 radical (unpaired) electrons. The van der Waals surface area contributed by atoms with Crippen molar-refractivity contribution in [2.45, 2.75) is 31.8 Å². The standard InChI is InChI=1S/C21H26O2/c1-4-18(19-11-7-5-8-12-19)15-16-23-17-21(2,22-3)20-13-9-6-10-14-20/h5-16,18H,4,17H2,1-3H3/b16-15-/t18-,21-/m0/s1. The fourth-order valence-corrected chi connectivity index (χ4v) is 2.59. The van der Waals surface area contributed by atoms with Crippen LogP contribution < -0.4 is 0 Å². The molecule has 0 N–H and O–H groups in total. The predicted molar refractivity (Wildman–Crippen MR) is 95.4 cm³/mol. The van der Waals surface area contributed by atoms with Crippen molar-refractivity contribution < 1.29 is 9.47 Å². The lowest BCUT2D eigenvalue weighted by molar-refractivity contribution is -0.0464. The number of rotatable bonds is 8. The van der Waals surface area contributed by atoms with Gasteiger partial charge in [-0.1, -0.05) is 67.6 Å². The minimum Gasteiger partial charge on any atom is -0.498 e. The molecule has 0 amide bonds. The molecule has 0 aromatic heterocycles. The molecule has 2 heteroatoms. The Morgan fingerprint density at radius 3 is 2.17 bits per heavy atom. The molecule has 2 rings (SSSR count). The molecule has 0 saturated carbocycles. The monoisotopic (exact) mass is 310 g/mol. The molecule has 0 fully saturated rings. The molecule has 2 nitrogen and oxygen atoms in total. The Kier molecular flexibility index (Phi) is 6.42. The van der Waals surface area contributed by atoms with Gasteiger partial charge in [0.05, 0.1) is 6.26 Å². The second-order valence-electron chi connectivity index (χ2n) is 5.87. The topological polar surface area (TPSA) is 18.5 Å². The molecule has 0 aliphatic carbocycles. The lowest BCUT2D eigenvalue weighted by Crippen LogP contribution is -2.29. The summed E-state index contributed by atoms with van der Waals surface area (Å²) in [5.41, 5.74) is 1.98. The molecule has 23 heavy (non-hydrogen) atoms. The van der Waals surface area contributed by atoms with E-state index < -0.39 is 5.60 Å². The average Bonchev–Trinajstić information content (AvgIpc) is 2.63. The highest BCUT2D eigenvalue weighted by Crippen LogP contribution is 2.25. The second-order valence-corrected chi connectivity index (χ2v) is 5.87. The first-order valence-corrected chi connectivity index (χ1v) is 8.13. The lowest BCUT2D eigenvalue weighted by atomic mass is 9.96. The number of methoxy groups -OCH3 is 1. The van der Waals surface area contributed by atoms with E-state index in [0.29, 0.717) is 12.5 Å². The van der Waals surface area contributed by atoms with E-state index in [0.717, 1.165) is 12.0 Å². The maximum absolute atomic E-state index is 5.79. The van der Waals surface area contributed by atoms with Crippen molar-refractivity contribution in [1.82, 2.24) is 0 Å². The molecule has 0 spiro atoms. The van der Waals surface area contributed by atoms with E-state index in [-0.39, 0.29) is 0 Å². The Bertz CT molecular complexity index is 592. The summed E-state index contributed by atoms with van der Waals surface area (Å²) in [6.07, 6.45) is 4.97. The second kappa shape index (κ2) is 8.54. The maximum atomic E-state index is 5.79. The Morgan fingerprint density at radius 1 is 1.00 bits per heavy atom. The highest BCUT2D eigenvalue weighted by Gasteiger charge is 2.26. The van der Waals surface area contributed by atoms with Gasteiger partial charge in [-0.15, -0.1) is 0 Å². The molecular weight excluding hydrogens is 284 g/mol. The third kappa shape index (κ3) is 4.70. The highest BCUT2D eigenvalue weighted by molar-refractivity contribution is 5.24. The molecule has 0 saturated heterocycles. The SMILES string of the molecule is CC[C@@H](/C=C\OC[C@](C)(OC)c1ccccc1)c1ccccc1. The van der Waals surface area contributed by atoms with Gasteiger partial charge in [0.2, 0.25) is 0 Å². The normalized spacial score (nSPS) is 15.3. The van der Waals surface area contributed by atoms with Crippen molar-refractivity contribution in [3.05, 3.63) is 84.1 Å². The highest BCUT2D eigenvalue weighted by atomic mass is 16.5. The smallest absolute Gasteiger partial charge is 0.124 e. The van der Waals surface area contributed by atoms with E-state index in [4.69, 9.17) is 9.47 Å². The molecule has 122 valence electrons. The van der Waals surface area contributed by atoms with Crippen LogP contribution in [0.3, 0.4) is 0 Å². The molecular formula is C21H26O2. The van der Waals surface area contributed by atoms with E-state index in [1.165, 1.54) is 5.56 Å². The Hall–Kier alpha value is -2.06. The van der Waals surface area contributed by atoms with E-state index in [1.807, 2.05) is 31.2 Å².